The number of hydrogen-bond donors (Lipinski definition) is 0. The standard InChI is InChI=1S/C14H16N5/c1-17-11(13-7-9-15-18(13)2)5-4-6-12(17)14-8-10-16-19(14)3/h4-10H,1-3H3/q+1. The first-order valence-corrected chi connectivity index (χ1v) is 6.14. The third-order valence-electron chi connectivity index (χ3n) is 3.40. The molecule has 0 fully saturated rings. The summed E-state index contributed by atoms with van der Waals surface area (Å²) in [6.07, 6.45) is 3.62. The monoisotopic (exact) mass is 254 g/mol. The maximum Gasteiger partial charge on any atom is 0.231 e. The highest BCUT2D eigenvalue weighted by Crippen LogP contribution is 2.19. The van der Waals surface area contributed by atoms with Gasteiger partial charge < -0.3 is 0 Å². The zero-order chi connectivity index (χ0) is 13.4. The lowest BCUT2D eigenvalue weighted by Crippen LogP contribution is -2.34. The normalized spacial score (nSPS) is 10.9. The second-order valence-corrected chi connectivity index (χ2v) is 4.54. The van der Waals surface area contributed by atoms with E-state index in [4.69, 9.17) is 0 Å². The molecule has 96 valence electrons. The summed E-state index contributed by atoms with van der Waals surface area (Å²) in [5.74, 6) is 0. The lowest BCUT2D eigenvalue weighted by atomic mass is 10.2. The summed E-state index contributed by atoms with van der Waals surface area (Å²) in [6, 6.07) is 10.3. The molecule has 0 bridgehead atoms. The molecule has 0 atom stereocenters. The average Bonchev–Trinajstić information content (AvgIpc) is 2.99. The van der Waals surface area contributed by atoms with Crippen molar-refractivity contribution in [1.29, 1.82) is 0 Å². The molecular weight excluding hydrogens is 238 g/mol. The van der Waals surface area contributed by atoms with Crippen molar-refractivity contribution in [2.75, 3.05) is 0 Å². The first kappa shape index (κ1) is 11.6. The van der Waals surface area contributed by atoms with Crippen molar-refractivity contribution in [1.82, 2.24) is 19.6 Å². The molecule has 0 aliphatic carbocycles. The summed E-state index contributed by atoms with van der Waals surface area (Å²) >= 11 is 0. The van der Waals surface area contributed by atoms with Gasteiger partial charge in [-0.3, -0.25) is 9.36 Å². The molecule has 0 N–H and O–H groups in total. The molecule has 5 nitrogen and oxygen atoms in total. The smallest absolute Gasteiger partial charge is 0.231 e. The van der Waals surface area contributed by atoms with Crippen molar-refractivity contribution in [3.8, 4) is 22.8 Å². The summed E-state index contributed by atoms with van der Waals surface area (Å²) < 4.78 is 5.92. The molecule has 0 spiro atoms. The summed E-state index contributed by atoms with van der Waals surface area (Å²) in [4.78, 5) is 0. The van der Waals surface area contributed by atoms with E-state index in [0.717, 1.165) is 22.8 Å². The van der Waals surface area contributed by atoms with E-state index in [-0.39, 0.29) is 0 Å². The van der Waals surface area contributed by atoms with Gasteiger partial charge in [0.2, 0.25) is 11.4 Å². The molecule has 19 heavy (non-hydrogen) atoms. The van der Waals surface area contributed by atoms with Crippen LogP contribution in [-0.2, 0) is 21.1 Å². The molecule has 3 heterocycles. The Labute approximate surface area is 111 Å². The topological polar surface area (TPSA) is 39.5 Å². The fourth-order valence-electron chi connectivity index (χ4n) is 2.35. The highest BCUT2D eigenvalue weighted by atomic mass is 15.3. The molecule has 3 rings (SSSR count). The Morgan fingerprint density at radius 3 is 1.68 bits per heavy atom. The molecule has 0 aromatic carbocycles. The molecule has 0 unspecified atom stereocenters. The molecule has 0 saturated carbocycles. The van der Waals surface area contributed by atoms with E-state index in [2.05, 4.69) is 40.0 Å². The molecule has 0 aliphatic heterocycles. The van der Waals surface area contributed by atoms with Crippen LogP contribution in [0.4, 0.5) is 0 Å². The fraction of sp³-hybridized carbons (Fsp3) is 0.214. The molecule has 3 aromatic rings. The van der Waals surface area contributed by atoms with E-state index in [0.29, 0.717) is 0 Å². The van der Waals surface area contributed by atoms with Gasteiger partial charge in [-0.15, -0.1) is 0 Å². The number of pyridine rings is 1. The summed E-state index contributed by atoms with van der Waals surface area (Å²) in [5, 5.41) is 8.46. The number of aromatic nitrogens is 5. The third-order valence-corrected chi connectivity index (χ3v) is 3.40. The second kappa shape index (κ2) is 4.35. The quantitative estimate of drug-likeness (QED) is 0.647. The summed E-state index contributed by atoms with van der Waals surface area (Å²) in [7, 11) is 5.96. The van der Waals surface area contributed by atoms with E-state index < -0.39 is 0 Å². The van der Waals surface area contributed by atoms with Crippen molar-refractivity contribution in [3.63, 3.8) is 0 Å². The van der Waals surface area contributed by atoms with Crippen LogP contribution in [0.5, 0.6) is 0 Å². The molecule has 3 aromatic heterocycles. The largest absolute Gasteiger partial charge is 0.262 e. The maximum absolute atomic E-state index is 4.23. The van der Waals surface area contributed by atoms with Crippen LogP contribution in [0.25, 0.3) is 22.8 Å². The van der Waals surface area contributed by atoms with E-state index >= 15 is 0 Å². The van der Waals surface area contributed by atoms with Crippen LogP contribution in [0.1, 0.15) is 0 Å². The highest BCUT2D eigenvalue weighted by molar-refractivity contribution is 5.56. The van der Waals surface area contributed by atoms with Crippen molar-refractivity contribution < 1.29 is 4.57 Å². The SMILES string of the molecule is Cn1nccc1-c1cccc(-c2ccnn2C)[n+]1C. The Morgan fingerprint density at radius 1 is 0.842 bits per heavy atom. The summed E-state index contributed by atoms with van der Waals surface area (Å²) in [6.45, 7) is 0. The lowest BCUT2D eigenvalue weighted by molar-refractivity contribution is -0.649. The zero-order valence-corrected chi connectivity index (χ0v) is 11.3. The fourth-order valence-corrected chi connectivity index (χ4v) is 2.35. The van der Waals surface area contributed by atoms with Gasteiger partial charge in [-0.05, 0) is 18.2 Å². The van der Waals surface area contributed by atoms with Crippen molar-refractivity contribution >= 4 is 0 Å². The Bertz CT molecular complexity index is 665. The first-order chi connectivity index (χ1) is 9.18. The zero-order valence-electron chi connectivity index (χ0n) is 11.3. The molecule has 0 radical (unpaired) electrons. The minimum atomic E-state index is 1.09. The lowest BCUT2D eigenvalue weighted by Gasteiger charge is -2.05. The number of nitrogens with zero attached hydrogens (tertiary/aromatic N) is 5. The Hall–Kier alpha value is -2.43. The van der Waals surface area contributed by atoms with Crippen LogP contribution in [0.2, 0.25) is 0 Å². The maximum atomic E-state index is 4.23. The van der Waals surface area contributed by atoms with Crippen LogP contribution in [0.15, 0.2) is 42.7 Å². The minimum Gasteiger partial charge on any atom is -0.262 e. The molecule has 0 aliphatic rings. The molecular formula is C14H16N5+. The van der Waals surface area contributed by atoms with E-state index in [1.807, 2.05) is 48.0 Å². The van der Waals surface area contributed by atoms with Crippen LogP contribution < -0.4 is 4.57 Å². The number of hydrogen-bond acceptors (Lipinski definition) is 2. The highest BCUT2D eigenvalue weighted by Gasteiger charge is 2.19. The second-order valence-electron chi connectivity index (χ2n) is 4.54. The summed E-state index contributed by atoms with van der Waals surface area (Å²) in [5.41, 5.74) is 4.43. The van der Waals surface area contributed by atoms with E-state index in [9.17, 15) is 0 Å². The van der Waals surface area contributed by atoms with Crippen LogP contribution >= 0.6 is 0 Å². The van der Waals surface area contributed by atoms with Gasteiger partial charge in [0, 0.05) is 38.6 Å². The molecule has 5 heteroatoms. The van der Waals surface area contributed by atoms with E-state index in [1.54, 1.807) is 0 Å². The number of rotatable bonds is 2. The van der Waals surface area contributed by atoms with Crippen LogP contribution in [-0.4, -0.2) is 19.6 Å². The van der Waals surface area contributed by atoms with Gasteiger partial charge in [0.15, 0.2) is 0 Å². The van der Waals surface area contributed by atoms with Gasteiger partial charge in [0.05, 0.1) is 0 Å². The predicted molar refractivity (Wildman–Crippen MR) is 72.0 cm³/mol. The van der Waals surface area contributed by atoms with Gasteiger partial charge in [0.25, 0.3) is 0 Å². The third kappa shape index (κ3) is 1.83. The Morgan fingerprint density at radius 2 is 1.32 bits per heavy atom. The van der Waals surface area contributed by atoms with E-state index in [1.165, 1.54) is 0 Å². The van der Waals surface area contributed by atoms with Crippen LogP contribution in [0.3, 0.4) is 0 Å². The van der Waals surface area contributed by atoms with Crippen LogP contribution in [0, 0.1) is 0 Å². The average molecular weight is 254 g/mol. The van der Waals surface area contributed by atoms with Gasteiger partial charge in [0.1, 0.15) is 18.4 Å². The van der Waals surface area contributed by atoms with Crippen molar-refractivity contribution in [2.24, 2.45) is 21.1 Å². The van der Waals surface area contributed by atoms with Gasteiger partial charge >= 0.3 is 0 Å². The molecule has 0 saturated heterocycles. The molecule has 0 amide bonds. The van der Waals surface area contributed by atoms with Gasteiger partial charge in [-0.1, -0.05) is 0 Å². The Kier molecular flexibility index (Phi) is 2.67. The predicted octanol–water partition coefficient (Wildman–Crippen LogP) is 1.31. The Balaban J connectivity index is 2.21. The minimum absolute atomic E-state index is 1.09. The van der Waals surface area contributed by atoms with Gasteiger partial charge in [-0.2, -0.15) is 14.8 Å². The van der Waals surface area contributed by atoms with Gasteiger partial charge in [-0.25, -0.2) is 0 Å². The number of aryl methyl sites for hydroxylation is 2. The first-order valence-electron chi connectivity index (χ1n) is 6.14. The van der Waals surface area contributed by atoms with Crippen molar-refractivity contribution in [2.45, 2.75) is 0 Å². The van der Waals surface area contributed by atoms with Crippen molar-refractivity contribution in [3.05, 3.63) is 42.7 Å².